The zero-order valence-electron chi connectivity index (χ0n) is 14.6. The van der Waals surface area contributed by atoms with E-state index in [1.165, 1.54) is 49.4 Å². The number of Topliss-reactive ketones (excluding diaryl/α,β-unsaturated/α-hetero) is 1. The van der Waals surface area contributed by atoms with E-state index in [4.69, 9.17) is 4.74 Å². The van der Waals surface area contributed by atoms with E-state index < -0.39 is 28.6 Å². The Kier molecular flexibility index (Phi) is 6.83. The van der Waals surface area contributed by atoms with E-state index in [0.29, 0.717) is 10.6 Å². The lowest BCUT2D eigenvalue weighted by Crippen LogP contribution is -2.40. The third-order valence-electron chi connectivity index (χ3n) is 3.31. The molecule has 0 aliphatic heterocycles. The number of ether oxygens (including phenoxy) is 1. The van der Waals surface area contributed by atoms with Crippen LogP contribution in [0.3, 0.4) is 0 Å². The number of anilines is 1. The lowest BCUT2D eigenvalue weighted by atomic mass is 10.3. The molecule has 0 fully saturated rings. The summed E-state index contributed by atoms with van der Waals surface area (Å²) >= 11 is 1.22. The van der Waals surface area contributed by atoms with Gasteiger partial charge in [-0.05, 0) is 42.6 Å². The van der Waals surface area contributed by atoms with Gasteiger partial charge in [0, 0.05) is 12.6 Å². The molecule has 1 heterocycles. The summed E-state index contributed by atoms with van der Waals surface area (Å²) in [7, 11) is -3.98. The molecule has 1 atom stereocenters. The fraction of sp³-hybridized carbons (Fsp3) is 0.235. The highest BCUT2D eigenvalue weighted by Crippen LogP contribution is 2.15. The van der Waals surface area contributed by atoms with Gasteiger partial charge in [0.1, 0.15) is 6.04 Å². The topological polar surface area (TPSA) is 119 Å². The average Bonchev–Trinajstić information content (AvgIpc) is 3.13. The van der Waals surface area contributed by atoms with Crippen molar-refractivity contribution in [3.8, 4) is 0 Å². The van der Waals surface area contributed by atoms with Gasteiger partial charge in [-0.2, -0.15) is 4.72 Å². The maximum absolute atomic E-state index is 12.3. The van der Waals surface area contributed by atoms with Crippen LogP contribution in [0.5, 0.6) is 0 Å². The summed E-state index contributed by atoms with van der Waals surface area (Å²) in [4.78, 5) is 35.1. The normalized spacial score (nSPS) is 12.2. The molecular formula is C17H18N2O6S2. The molecule has 0 radical (unpaired) electrons. The number of esters is 1. The molecule has 0 saturated carbocycles. The number of ketones is 1. The molecule has 144 valence electrons. The van der Waals surface area contributed by atoms with Crippen molar-refractivity contribution in [2.45, 2.75) is 24.8 Å². The monoisotopic (exact) mass is 410 g/mol. The largest absolute Gasteiger partial charge is 0.456 e. The van der Waals surface area contributed by atoms with Gasteiger partial charge >= 0.3 is 5.97 Å². The number of sulfonamides is 1. The number of benzene rings is 1. The molecule has 2 aromatic rings. The van der Waals surface area contributed by atoms with Crippen LogP contribution < -0.4 is 10.0 Å². The van der Waals surface area contributed by atoms with Crippen LogP contribution in [0.15, 0.2) is 46.7 Å². The fourth-order valence-electron chi connectivity index (χ4n) is 2.04. The zero-order valence-corrected chi connectivity index (χ0v) is 16.2. The first-order valence-corrected chi connectivity index (χ1v) is 10.2. The summed E-state index contributed by atoms with van der Waals surface area (Å²) in [5.74, 6) is -1.50. The van der Waals surface area contributed by atoms with Crippen LogP contribution in [-0.2, 0) is 24.3 Å². The lowest BCUT2D eigenvalue weighted by molar-refractivity contribution is -0.144. The lowest BCUT2D eigenvalue weighted by Gasteiger charge is -2.13. The highest BCUT2D eigenvalue weighted by molar-refractivity contribution is 7.89. The number of nitrogens with one attached hydrogen (secondary N) is 2. The third kappa shape index (κ3) is 5.98. The van der Waals surface area contributed by atoms with Crippen LogP contribution in [0.2, 0.25) is 0 Å². The minimum absolute atomic E-state index is 0.0779. The molecule has 0 aliphatic rings. The summed E-state index contributed by atoms with van der Waals surface area (Å²) < 4.78 is 31.7. The van der Waals surface area contributed by atoms with Crippen molar-refractivity contribution in [3.05, 3.63) is 46.7 Å². The van der Waals surface area contributed by atoms with Gasteiger partial charge in [-0.1, -0.05) is 6.07 Å². The van der Waals surface area contributed by atoms with Crippen LogP contribution >= 0.6 is 11.3 Å². The Balaban J connectivity index is 1.94. The Hall–Kier alpha value is -2.56. The van der Waals surface area contributed by atoms with E-state index in [-0.39, 0.29) is 16.6 Å². The minimum Gasteiger partial charge on any atom is -0.456 e. The fourth-order valence-corrected chi connectivity index (χ4v) is 3.88. The van der Waals surface area contributed by atoms with Crippen molar-refractivity contribution < 1.29 is 27.5 Å². The van der Waals surface area contributed by atoms with Gasteiger partial charge in [0.15, 0.2) is 6.61 Å². The number of hydrogen-bond donors (Lipinski definition) is 2. The molecule has 1 amide bonds. The van der Waals surface area contributed by atoms with Crippen molar-refractivity contribution in [2.24, 2.45) is 0 Å². The van der Waals surface area contributed by atoms with E-state index in [2.05, 4.69) is 10.0 Å². The van der Waals surface area contributed by atoms with E-state index in [1.807, 2.05) is 0 Å². The number of hydrogen-bond acceptors (Lipinski definition) is 7. The maximum atomic E-state index is 12.3. The predicted octanol–water partition coefficient (Wildman–Crippen LogP) is 1.80. The molecule has 1 aromatic heterocycles. The van der Waals surface area contributed by atoms with E-state index in [1.54, 1.807) is 17.5 Å². The first-order valence-electron chi connectivity index (χ1n) is 7.82. The molecule has 27 heavy (non-hydrogen) atoms. The van der Waals surface area contributed by atoms with Gasteiger partial charge in [-0.3, -0.25) is 14.4 Å². The molecule has 10 heteroatoms. The standard InChI is InChI=1S/C17H18N2O6S2/c1-11(17(22)25-10-15(21)16-4-3-9-26-16)19-27(23,24)14-7-5-13(6-8-14)18-12(2)20/h3-9,11,19H,10H2,1-2H3,(H,18,20)/t11-/m0/s1. The van der Waals surface area contributed by atoms with E-state index in [0.717, 1.165) is 0 Å². The first-order chi connectivity index (χ1) is 12.7. The second-order valence-electron chi connectivity index (χ2n) is 5.56. The van der Waals surface area contributed by atoms with Gasteiger partial charge in [0.25, 0.3) is 0 Å². The second kappa shape index (κ2) is 8.89. The molecule has 8 nitrogen and oxygen atoms in total. The molecule has 0 saturated heterocycles. The molecular weight excluding hydrogens is 392 g/mol. The van der Waals surface area contributed by atoms with Crippen LogP contribution in [0.25, 0.3) is 0 Å². The summed E-state index contributed by atoms with van der Waals surface area (Å²) in [5.41, 5.74) is 0.445. The number of amides is 1. The van der Waals surface area contributed by atoms with Crippen LogP contribution in [0, 0.1) is 0 Å². The summed E-state index contributed by atoms with van der Waals surface area (Å²) in [6.45, 7) is 2.20. The molecule has 1 aromatic carbocycles. The molecule has 0 unspecified atom stereocenters. The molecule has 2 rings (SSSR count). The number of carbonyl (C=O) groups excluding carboxylic acids is 3. The quantitative estimate of drug-likeness (QED) is 0.506. The van der Waals surface area contributed by atoms with Crippen LogP contribution in [0.1, 0.15) is 23.5 Å². The van der Waals surface area contributed by atoms with Crippen LogP contribution in [-0.4, -0.2) is 38.7 Å². The number of carbonyl (C=O) groups is 3. The minimum atomic E-state index is -3.98. The van der Waals surface area contributed by atoms with E-state index in [9.17, 15) is 22.8 Å². The average molecular weight is 410 g/mol. The van der Waals surface area contributed by atoms with Gasteiger partial charge in [-0.15, -0.1) is 11.3 Å². The van der Waals surface area contributed by atoms with Gasteiger partial charge in [0.05, 0.1) is 9.77 Å². The maximum Gasteiger partial charge on any atom is 0.324 e. The smallest absolute Gasteiger partial charge is 0.324 e. The third-order valence-corrected chi connectivity index (χ3v) is 5.78. The second-order valence-corrected chi connectivity index (χ2v) is 8.22. The molecule has 0 spiro atoms. The summed E-state index contributed by atoms with van der Waals surface area (Å²) in [6.07, 6.45) is 0. The summed E-state index contributed by atoms with van der Waals surface area (Å²) in [5, 5.41) is 4.25. The highest BCUT2D eigenvalue weighted by atomic mass is 32.2. The Morgan fingerprint density at radius 3 is 2.37 bits per heavy atom. The van der Waals surface area contributed by atoms with Gasteiger partial charge in [-0.25, -0.2) is 8.42 Å². The molecule has 0 bridgehead atoms. The number of rotatable bonds is 8. The number of thiophene rings is 1. The predicted molar refractivity (Wildman–Crippen MR) is 100 cm³/mol. The van der Waals surface area contributed by atoms with Crippen molar-refractivity contribution in [1.29, 1.82) is 0 Å². The molecule has 2 N–H and O–H groups in total. The Bertz CT molecular complexity index is 921. The summed E-state index contributed by atoms with van der Waals surface area (Å²) in [6, 6.07) is 7.58. The van der Waals surface area contributed by atoms with Gasteiger partial charge < -0.3 is 10.1 Å². The van der Waals surface area contributed by atoms with Crippen molar-refractivity contribution in [1.82, 2.24) is 4.72 Å². The zero-order chi connectivity index (χ0) is 20.0. The highest BCUT2D eigenvalue weighted by Gasteiger charge is 2.24. The van der Waals surface area contributed by atoms with Crippen molar-refractivity contribution in [2.75, 3.05) is 11.9 Å². The Morgan fingerprint density at radius 1 is 1.15 bits per heavy atom. The van der Waals surface area contributed by atoms with E-state index >= 15 is 0 Å². The van der Waals surface area contributed by atoms with Gasteiger partial charge in [0.2, 0.25) is 21.7 Å². The Morgan fingerprint density at radius 2 is 1.81 bits per heavy atom. The van der Waals surface area contributed by atoms with Crippen molar-refractivity contribution >= 4 is 44.7 Å². The van der Waals surface area contributed by atoms with Crippen molar-refractivity contribution in [3.63, 3.8) is 0 Å². The Labute approximate surface area is 160 Å². The molecule has 0 aliphatic carbocycles. The first kappa shape index (κ1) is 20.7. The van der Waals surface area contributed by atoms with Crippen LogP contribution in [0.4, 0.5) is 5.69 Å². The SMILES string of the molecule is CC(=O)Nc1ccc(S(=O)(=O)N[C@@H](C)C(=O)OCC(=O)c2cccs2)cc1.